The molecule has 3 unspecified atom stereocenters. The number of carbonyl (C=O) groups excluding carboxylic acids is 3. The van der Waals surface area contributed by atoms with Crippen LogP contribution in [0.2, 0.25) is 0 Å². The van der Waals surface area contributed by atoms with E-state index in [2.05, 4.69) is 27.9 Å². The lowest BCUT2D eigenvalue weighted by Gasteiger charge is -2.36. The van der Waals surface area contributed by atoms with Gasteiger partial charge < -0.3 is 24.4 Å². The Bertz CT molecular complexity index is 2610. The molecule has 0 radical (unpaired) electrons. The number of rotatable bonds is 21. The number of aryl methyl sites for hydroxylation is 1. The number of hydrogen-bond acceptors (Lipinski definition) is 11. The number of carbonyl (C=O) groups is 3. The third kappa shape index (κ3) is 11.6. The Morgan fingerprint density at radius 3 is 2.03 bits per heavy atom. The zero-order valence-corrected chi connectivity index (χ0v) is 41.0. The molecule has 4 aliphatic rings. The Labute approximate surface area is 406 Å². The fraction of sp³-hybridized carbons (Fsp3) is 0.518. The van der Waals surface area contributed by atoms with Crippen molar-refractivity contribution in [3.8, 4) is 17.2 Å². The van der Waals surface area contributed by atoms with Crippen molar-refractivity contribution < 1.29 is 43.9 Å². The molecule has 13 nitrogen and oxygen atoms in total. The molecule has 0 aliphatic heterocycles. The van der Waals surface area contributed by atoms with Crippen molar-refractivity contribution in [3.63, 3.8) is 0 Å². The summed E-state index contributed by atoms with van der Waals surface area (Å²) in [5.74, 6) is 1.45. The second-order valence-corrected chi connectivity index (χ2v) is 20.3. The summed E-state index contributed by atoms with van der Waals surface area (Å²) in [4.78, 5) is 50.9. The fourth-order valence-electron chi connectivity index (χ4n) is 10.9. The molecule has 4 aromatic rings. The van der Waals surface area contributed by atoms with Gasteiger partial charge in [0.25, 0.3) is 0 Å². The van der Waals surface area contributed by atoms with Crippen molar-refractivity contribution in [3.05, 3.63) is 116 Å². The molecule has 4 heterocycles. The first-order valence-corrected chi connectivity index (χ1v) is 25.0. The van der Waals surface area contributed by atoms with Crippen LogP contribution in [0.4, 0.5) is 0 Å². The van der Waals surface area contributed by atoms with Crippen molar-refractivity contribution in [1.29, 1.82) is 0 Å². The smallest absolute Gasteiger partial charge is 0.352 e. The molecule has 3 atom stereocenters. The lowest BCUT2D eigenvalue weighted by molar-refractivity contribution is -0.428. The van der Waals surface area contributed by atoms with E-state index in [1.165, 1.54) is 12.0 Å². The van der Waals surface area contributed by atoms with Crippen molar-refractivity contribution in [1.82, 2.24) is 19.6 Å². The van der Waals surface area contributed by atoms with Gasteiger partial charge >= 0.3 is 6.20 Å². The van der Waals surface area contributed by atoms with E-state index in [0.717, 1.165) is 140 Å². The van der Waals surface area contributed by atoms with Crippen LogP contribution in [-0.2, 0) is 6.42 Å². The minimum Gasteiger partial charge on any atom is -0.487 e. The number of pyridine rings is 3. The van der Waals surface area contributed by atoms with E-state index in [1.54, 1.807) is 6.07 Å². The van der Waals surface area contributed by atoms with Gasteiger partial charge in [-0.15, -0.1) is 0 Å². The molecular weight excluding hydrogens is 871 g/mol. The van der Waals surface area contributed by atoms with E-state index in [1.807, 2.05) is 64.1 Å². The normalized spacial score (nSPS) is 19.9. The zero-order valence-electron chi connectivity index (χ0n) is 41.0. The van der Waals surface area contributed by atoms with E-state index in [4.69, 9.17) is 24.2 Å². The summed E-state index contributed by atoms with van der Waals surface area (Å²) in [5.41, 5.74) is 8.46. The zero-order chi connectivity index (χ0) is 48.7. The summed E-state index contributed by atoms with van der Waals surface area (Å²) in [5, 5.41) is 27.3. The Balaban J connectivity index is 0.958. The third-order valence-electron chi connectivity index (χ3n) is 14.8. The van der Waals surface area contributed by atoms with Crippen LogP contribution in [0.5, 0.6) is 17.2 Å². The highest BCUT2D eigenvalue weighted by molar-refractivity contribution is 5.77. The average Bonchev–Trinajstić information content (AvgIpc) is 3.80. The van der Waals surface area contributed by atoms with Gasteiger partial charge in [-0.25, -0.2) is 15.0 Å². The first-order valence-electron chi connectivity index (χ1n) is 25.0. The Morgan fingerprint density at radius 1 is 0.725 bits per heavy atom. The first-order chi connectivity index (χ1) is 33.3. The highest BCUT2D eigenvalue weighted by Crippen LogP contribution is 2.44. The van der Waals surface area contributed by atoms with Gasteiger partial charge in [0, 0.05) is 23.0 Å². The number of aliphatic hydroxyl groups is 2. The Morgan fingerprint density at radius 2 is 1.36 bits per heavy atom. The summed E-state index contributed by atoms with van der Waals surface area (Å²) in [7, 11) is 0. The van der Waals surface area contributed by atoms with Crippen LogP contribution in [0.1, 0.15) is 190 Å². The predicted molar refractivity (Wildman–Crippen MR) is 261 cm³/mol. The molecule has 69 heavy (non-hydrogen) atoms. The SMILES string of the molecule is CCCC(C)(O)C1=C(COc2ccc(CC3CCC(c4cc#[n+]n4C4CCC4)=C(COc4ccc(C)nc4C=O)C3)nc2C=O)CCC(c2ccc(OCC3=C(C(C)(C)O)CCCC3)c(C=O)n2)C1. The Kier molecular flexibility index (Phi) is 15.6. The average molecular weight is 939 g/mol. The van der Waals surface area contributed by atoms with E-state index >= 15 is 0 Å². The van der Waals surface area contributed by atoms with Crippen LogP contribution < -0.4 is 19.3 Å². The molecule has 0 amide bonds. The number of nitrogens with zero attached hydrogens (tertiary/aromatic N) is 5. The molecule has 2 N–H and O–H groups in total. The number of hydrogen-bond donors (Lipinski definition) is 2. The maximum Gasteiger partial charge on any atom is 0.352 e. The molecule has 1 saturated carbocycles. The third-order valence-corrected chi connectivity index (χ3v) is 14.8. The quantitative estimate of drug-likeness (QED) is 0.0598. The number of ether oxygens (including phenoxy) is 3. The Hall–Kier alpha value is -5.97. The minimum atomic E-state index is -1.09. The molecule has 364 valence electrons. The van der Waals surface area contributed by atoms with Crippen LogP contribution in [0, 0.1) is 19.0 Å². The lowest BCUT2D eigenvalue weighted by Crippen LogP contribution is -2.32. The standard InChI is InChI=1S/C56H68N5O8/c1-6-25-56(5,66)46-29-38(47-20-23-54(50(32-64)60-47)67-33-39-10-7-8-13-45(39)55(3,4)65)16-17-40(46)34-68-53-22-18-42(59-49(53)31-63)28-37-15-19-44(51-24-26-57-61(51)43-11-9-12-43)41(27-37)35-69-52-21-14-36(2)58-48(52)30-62/h14,18,20-24,30-32,37-38,43,65-66H,6-13,15-17,19,25,27-29,33-35H2,1-5H3/q+1. The van der Waals surface area contributed by atoms with Gasteiger partial charge in [-0.1, -0.05) is 13.3 Å². The predicted octanol–water partition coefficient (Wildman–Crippen LogP) is 9.63. The molecule has 4 aliphatic carbocycles. The van der Waals surface area contributed by atoms with Crippen molar-refractivity contribution >= 4 is 24.4 Å². The second-order valence-electron chi connectivity index (χ2n) is 20.3. The number of allylic oxidation sites excluding steroid dienone is 1. The lowest BCUT2D eigenvalue weighted by atomic mass is 9.74. The van der Waals surface area contributed by atoms with Gasteiger partial charge in [-0.2, -0.15) is 0 Å². The molecule has 0 saturated heterocycles. The molecule has 4 aromatic heterocycles. The summed E-state index contributed by atoms with van der Waals surface area (Å²) < 4.78 is 21.0. The number of aromatic nitrogens is 5. The second kappa shape index (κ2) is 21.8. The van der Waals surface area contributed by atoms with Gasteiger partial charge in [0.15, 0.2) is 18.9 Å². The first kappa shape index (κ1) is 49.5. The maximum atomic E-state index is 12.6. The molecule has 0 bridgehead atoms. The fourth-order valence-corrected chi connectivity index (χ4v) is 10.9. The van der Waals surface area contributed by atoms with E-state index in [9.17, 15) is 24.6 Å². The maximum absolute atomic E-state index is 12.6. The monoisotopic (exact) mass is 939 g/mol. The van der Waals surface area contributed by atoms with Gasteiger partial charge in [0.2, 0.25) is 0 Å². The van der Waals surface area contributed by atoms with Gasteiger partial charge in [0.1, 0.15) is 65.9 Å². The molecule has 8 rings (SSSR count). The van der Waals surface area contributed by atoms with Crippen LogP contribution in [0.25, 0.3) is 5.57 Å². The van der Waals surface area contributed by atoms with Crippen LogP contribution >= 0.6 is 0 Å². The summed E-state index contributed by atoms with van der Waals surface area (Å²) in [6, 6.07) is 13.5. The minimum absolute atomic E-state index is 0.0383. The van der Waals surface area contributed by atoms with E-state index in [0.29, 0.717) is 62.2 Å². The molecule has 0 aromatic carbocycles. The van der Waals surface area contributed by atoms with Crippen LogP contribution in [0.3, 0.4) is 0 Å². The van der Waals surface area contributed by atoms with Gasteiger partial charge in [-0.05, 0) is 204 Å². The highest BCUT2D eigenvalue weighted by Gasteiger charge is 2.36. The van der Waals surface area contributed by atoms with Crippen LogP contribution in [0.15, 0.2) is 70.3 Å². The van der Waals surface area contributed by atoms with E-state index < -0.39 is 11.2 Å². The van der Waals surface area contributed by atoms with Gasteiger partial charge in [-0.3, -0.25) is 14.4 Å². The van der Waals surface area contributed by atoms with Crippen molar-refractivity contribution in [2.24, 2.45) is 5.92 Å². The largest absolute Gasteiger partial charge is 0.487 e. The molecular formula is C56H68N5O8+. The summed E-state index contributed by atoms with van der Waals surface area (Å²) in [6.07, 6.45) is 18.9. The van der Waals surface area contributed by atoms with Crippen LogP contribution in [-0.4, -0.2) is 79.7 Å². The van der Waals surface area contributed by atoms with Gasteiger partial charge in [0.05, 0.1) is 22.4 Å². The van der Waals surface area contributed by atoms with Crippen molar-refractivity contribution in [2.45, 2.75) is 161 Å². The number of aldehydes is 3. The topological polar surface area (TPSA) is 177 Å². The summed E-state index contributed by atoms with van der Waals surface area (Å²) in [6.45, 7) is 10.2. The molecule has 0 spiro atoms. The molecule has 1 fully saturated rings. The molecule has 13 heteroatoms. The summed E-state index contributed by atoms with van der Waals surface area (Å²) >= 11 is 0. The van der Waals surface area contributed by atoms with Crippen molar-refractivity contribution in [2.75, 3.05) is 19.8 Å². The van der Waals surface area contributed by atoms with E-state index in [-0.39, 0.29) is 35.5 Å². The highest BCUT2D eigenvalue weighted by atomic mass is 16.5.